The topological polar surface area (TPSA) is 38.5 Å². The quantitative estimate of drug-likeness (QED) is 0.115. The van der Waals surface area contributed by atoms with Crippen LogP contribution in [0.5, 0.6) is 0 Å². The number of hydrogen-bond acceptors (Lipinski definition) is 2. The lowest BCUT2D eigenvalue weighted by Gasteiger charge is -2.41. The number of benzene rings is 5. The molecular formula is C53H57NO2. The Morgan fingerprint density at radius 3 is 0.964 bits per heavy atom. The number of fused-ring (bicyclic) bond motifs is 7. The summed E-state index contributed by atoms with van der Waals surface area (Å²) in [4.78, 5) is 30.8. The third kappa shape index (κ3) is 4.75. The Hall–Kier alpha value is -4.76. The molecule has 0 bridgehead atoms. The molecule has 0 atom stereocenters. The van der Waals surface area contributed by atoms with E-state index in [0.29, 0.717) is 10.8 Å². The van der Waals surface area contributed by atoms with E-state index < -0.39 is 5.41 Å². The Bertz CT molecular complexity index is 2820. The highest BCUT2D eigenvalue weighted by atomic mass is 16.1. The predicted octanol–water partition coefficient (Wildman–Crippen LogP) is 12.7. The van der Waals surface area contributed by atoms with Crippen molar-refractivity contribution in [3.05, 3.63) is 143 Å². The van der Waals surface area contributed by atoms with Crippen LogP contribution in [0.4, 0.5) is 0 Å². The van der Waals surface area contributed by atoms with Crippen molar-refractivity contribution < 1.29 is 0 Å². The Morgan fingerprint density at radius 1 is 0.357 bits per heavy atom. The monoisotopic (exact) mass is 739 g/mol. The molecule has 0 N–H and O–H groups in total. The van der Waals surface area contributed by atoms with Gasteiger partial charge in [0.1, 0.15) is 0 Å². The maximum absolute atomic E-state index is 15.4. The van der Waals surface area contributed by atoms with Gasteiger partial charge in [-0.1, -0.05) is 152 Å². The molecule has 0 amide bonds. The molecule has 1 aliphatic carbocycles. The number of nitrogens with zero attached hydrogens (tertiary/aromatic N) is 1. The third-order valence-electron chi connectivity index (χ3n) is 13.3. The summed E-state index contributed by atoms with van der Waals surface area (Å²) in [5, 5.41) is 2.68. The first kappa shape index (κ1) is 36.9. The molecule has 2 aromatic heterocycles. The smallest absolute Gasteiger partial charge is 0.197 e. The van der Waals surface area contributed by atoms with Gasteiger partial charge >= 0.3 is 0 Å². The van der Waals surface area contributed by atoms with E-state index in [0.717, 1.165) is 55.1 Å². The zero-order chi connectivity index (χ0) is 40.6. The van der Waals surface area contributed by atoms with Crippen LogP contribution in [0.2, 0.25) is 0 Å². The van der Waals surface area contributed by atoms with Crippen molar-refractivity contribution in [2.75, 3.05) is 0 Å². The molecule has 3 heterocycles. The maximum atomic E-state index is 15.4. The van der Waals surface area contributed by atoms with Crippen LogP contribution in [0, 0.1) is 0 Å². The number of hydrogen-bond donors (Lipinski definition) is 0. The molecule has 1 spiro atoms. The normalized spacial score (nSPS) is 15.3. The van der Waals surface area contributed by atoms with E-state index in [1.54, 1.807) is 0 Å². The van der Waals surface area contributed by atoms with E-state index in [-0.39, 0.29) is 37.9 Å². The Balaban J connectivity index is 1.67. The largest absolute Gasteiger partial charge is 0.307 e. The summed E-state index contributed by atoms with van der Waals surface area (Å²) in [6.07, 6.45) is 0. The predicted molar refractivity (Wildman–Crippen MR) is 238 cm³/mol. The van der Waals surface area contributed by atoms with Crippen LogP contribution in [0.3, 0.4) is 0 Å². The molecule has 9 rings (SSSR count). The first-order valence-electron chi connectivity index (χ1n) is 20.5. The molecule has 7 aromatic rings. The SMILES string of the molecule is CC(C)(C)c1ccc2c(c1)C1(c3cc(C(C)(C)C)ccc3-2)c2cc(C(C)(C)C)cc3c(=O)c4cc(C(C)(C)C)cc5c(=O)c6cc(C(C)(C)C)cc1c6n(c23)c45. The number of aromatic nitrogens is 1. The van der Waals surface area contributed by atoms with Crippen LogP contribution in [-0.4, -0.2) is 4.40 Å². The fraction of sp³-hybridized carbons (Fsp3) is 0.396. The molecule has 3 heteroatoms. The van der Waals surface area contributed by atoms with Crippen LogP contribution in [0.1, 0.15) is 154 Å². The summed E-state index contributed by atoms with van der Waals surface area (Å²) in [5.41, 5.74) is 13.7. The minimum atomic E-state index is -0.804. The molecular weight excluding hydrogens is 683 g/mol. The first-order valence-corrected chi connectivity index (χ1v) is 20.5. The van der Waals surface area contributed by atoms with Crippen LogP contribution in [-0.2, 0) is 32.5 Å². The molecule has 0 radical (unpaired) electrons. The standard InChI is InChI=1S/C53H57NO2/c1-48(2,3)28-16-18-33-34-19-17-29(49(4,5)6)25-40(34)53(39(33)24-28)41-26-31(51(10,11)12)22-37-44(41)54-43-35(46(37)55)20-30(50(7,8)9)21-36(43)47(56)38-23-32(52(13,14)15)27-42(53)45(38)54/h16-27H,1-15H3. The summed E-state index contributed by atoms with van der Waals surface area (Å²) < 4.78 is 2.35. The molecule has 2 aliphatic rings. The molecule has 3 nitrogen and oxygen atoms in total. The van der Waals surface area contributed by atoms with Gasteiger partial charge in [-0.15, -0.1) is 0 Å². The molecule has 286 valence electrons. The van der Waals surface area contributed by atoms with Crippen molar-refractivity contribution in [3.8, 4) is 11.1 Å². The zero-order valence-corrected chi connectivity index (χ0v) is 36.2. The molecule has 1 aliphatic heterocycles. The van der Waals surface area contributed by atoms with Crippen molar-refractivity contribution >= 4 is 38.1 Å². The molecule has 5 aromatic carbocycles. The Labute approximate surface area is 332 Å². The van der Waals surface area contributed by atoms with Crippen molar-refractivity contribution in [1.29, 1.82) is 0 Å². The summed E-state index contributed by atoms with van der Waals surface area (Å²) in [6.45, 7) is 33.7. The highest BCUT2D eigenvalue weighted by molar-refractivity contribution is 6.12. The zero-order valence-electron chi connectivity index (χ0n) is 36.2. The molecule has 0 saturated heterocycles. The van der Waals surface area contributed by atoms with E-state index in [2.05, 4.69) is 181 Å². The highest BCUT2D eigenvalue weighted by Gasteiger charge is 2.52. The van der Waals surface area contributed by atoms with Crippen LogP contribution in [0.15, 0.2) is 82.4 Å². The lowest BCUT2D eigenvalue weighted by Crippen LogP contribution is -2.36. The van der Waals surface area contributed by atoms with Crippen LogP contribution < -0.4 is 10.9 Å². The maximum Gasteiger partial charge on any atom is 0.197 e. The highest BCUT2D eigenvalue weighted by Crippen LogP contribution is 2.62. The van der Waals surface area contributed by atoms with Gasteiger partial charge in [0, 0.05) is 21.5 Å². The van der Waals surface area contributed by atoms with Gasteiger partial charge in [-0.3, -0.25) is 9.59 Å². The molecule has 56 heavy (non-hydrogen) atoms. The van der Waals surface area contributed by atoms with Gasteiger partial charge in [0.2, 0.25) is 0 Å². The van der Waals surface area contributed by atoms with Gasteiger partial charge in [0.15, 0.2) is 10.9 Å². The van der Waals surface area contributed by atoms with Gasteiger partial charge in [-0.05, 0) is 113 Å². The van der Waals surface area contributed by atoms with Crippen LogP contribution in [0.25, 0.3) is 49.2 Å². The Morgan fingerprint density at radius 2 is 0.643 bits per heavy atom. The van der Waals surface area contributed by atoms with Crippen molar-refractivity contribution in [1.82, 2.24) is 4.40 Å². The van der Waals surface area contributed by atoms with Crippen LogP contribution >= 0.6 is 0 Å². The second-order valence-corrected chi connectivity index (χ2v) is 22.3. The fourth-order valence-corrected chi connectivity index (χ4v) is 9.80. The van der Waals surface area contributed by atoms with E-state index in [9.17, 15) is 0 Å². The second kappa shape index (κ2) is 10.8. The molecule has 0 unspecified atom stereocenters. The fourth-order valence-electron chi connectivity index (χ4n) is 9.80. The molecule has 0 fully saturated rings. The summed E-state index contributed by atoms with van der Waals surface area (Å²) in [6, 6.07) is 27.5. The summed E-state index contributed by atoms with van der Waals surface area (Å²) in [5.74, 6) is 0. The first-order chi connectivity index (χ1) is 25.8. The summed E-state index contributed by atoms with van der Waals surface area (Å²) >= 11 is 0. The van der Waals surface area contributed by atoms with E-state index in [1.807, 2.05) is 0 Å². The minimum absolute atomic E-state index is 0.00237. The van der Waals surface area contributed by atoms with E-state index in [4.69, 9.17) is 0 Å². The lowest BCUT2D eigenvalue weighted by atomic mass is 9.62. The van der Waals surface area contributed by atoms with E-state index >= 15 is 9.59 Å². The Kier molecular flexibility index (Phi) is 7.10. The van der Waals surface area contributed by atoms with Crippen molar-refractivity contribution in [2.24, 2.45) is 0 Å². The minimum Gasteiger partial charge on any atom is -0.307 e. The van der Waals surface area contributed by atoms with Gasteiger partial charge in [0.05, 0.1) is 22.0 Å². The van der Waals surface area contributed by atoms with E-state index in [1.165, 1.54) is 33.4 Å². The van der Waals surface area contributed by atoms with Crippen molar-refractivity contribution in [2.45, 2.75) is 136 Å². The number of pyridine rings is 2. The van der Waals surface area contributed by atoms with Gasteiger partial charge in [-0.2, -0.15) is 0 Å². The molecule has 0 saturated carbocycles. The van der Waals surface area contributed by atoms with Crippen molar-refractivity contribution in [3.63, 3.8) is 0 Å². The van der Waals surface area contributed by atoms with Gasteiger partial charge < -0.3 is 4.40 Å². The van der Waals surface area contributed by atoms with Gasteiger partial charge in [-0.25, -0.2) is 0 Å². The lowest BCUT2D eigenvalue weighted by molar-refractivity contribution is 0.581. The van der Waals surface area contributed by atoms with Gasteiger partial charge in [0.25, 0.3) is 0 Å². The second-order valence-electron chi connectivity index (χ2n) is 22.3. The third-order valence-corrected chi connectivity index (χ3v) is 13.3. The average Bonchev–Trinajstić information content (AvgIpc) is 3.37. The number of rotatable bonds is 0. The average molecular weight is 740 g/mol. The summed E-state index contributed by atoms with van der Waals surface area (Å²) in [7, 11) is 0.